The highest BCUT2D eigenvalue weighted by atomic mass is 79.9. The zero-order valence-corrected chi connectivity index (χ0v) is 14.5. The van der Waals surface area contributed by atoms with Gasteiger partial charge in [-0.2, -0.15) is 0 Å². The molecular formula is C18H17BrN2O3. The van der Waals surface area contributed by atoms with Gasteiger partial charge in [-0.25, -0.2) is 4.79 Å². The van der Waals surface area contributed by atoms with Crippen LogP contribution in [0.1, 0.15) is 34.0 Å². The van der Waals surface area contributed by atoms with Crippen LogP contribution in [-0.2, 0) is 16.0 Å². The van der Waals surface area contributed by atoms with E-state index >= 15 is 0 Å². The van der Waals surface area contributed by atoms with Crippen molar-refractivity contribution < 1.29 is 14.3 Å². The second-order valence-corrected chi connectivity index (χ2v) is 6.56. The molecule has 1 heterocycles. The molecule has 0 fully saturated rings. The highest BCUT2D eigenvalue weighted by Crippen LogP contribution is 2.26. The Morgan fingerprint density at radius 1 is 1.21 bits per heavy atom. The SMILES string of the molecule is NC(=O)C(OC(=O)c1ccc2c(c1)CCCN2)c1cccc(Br)c1. The number of hydrogen-bond donors (Lipinski definition) is 2. The minimum atomic E-state index is -1.12. The summed E-state index contributed by atoms with van der Waals surface area (Å²) in [6.45, 7) is 0.934. The van der Waals surface area contributed by atoms with Crippen molar-refractivity contribution in [3.05, 3.63) is 63.6 Å². The Hall–Kier alpha value is -2.34. The summed E-state index contributed by atoms with van der Waals surface area (Å²) in [5.41, 5.74) is 8.48. The lowest BCUT2D eigenvalue weighted by Gasteiger charge is -2.19. The fourth-order valence-corrected chi connectivity index (χ4v) is 3.15. The second kappa shape index (κ2) is 7.05. The van der Waals surface area contributed by atoms with Crippen molar-refractivity contribution in [2.24, 2.45) is 5.73 Å². The first kappa shape index (κ1) is 16.5. The van der Waals surface area contributed by atoms with Gasteiger partial charge in [-0.05, 0) is 48.7 Å². The Balaban J connectivity index is 1.82. The summed E-state index contributed by atoms with van der Waals surface area (Å²) in [4.78, 5) is 24.2. The molecule has 5 nitrogen and oxygen atoms in total. The van der Waals surface area contributed by atoms with Crippen LogP contribution >= 0.6 is 15.9 Å². The van der Waals surface area contributed by atoms with E-state index in [0.717, 1.165) is 35.1 Å². The van der Waals surface area contributed by atoms with E-state index in [1.165, 1.54) is 0 Å². The molecule has 1 amide bonds. The molecule has 0 aliphatic carbocycles. The zero-order chi connectivity index (χ0) is 17.1. The van der Waals surface area contributed by atoms with Gasteiger partial charge in [-0.15, -0.1) is 0 Å². The molecule has 0 spiro atoms. The van der Waals surface area contributed by atoms with Crippen molar-refractivity contribution >= 4 is 33.5 Å². The lowest BCUT2D eigenvalue weighted by molar-refractivity contribution is -0.127. The van der Waals surface area contributed by atoms with E-state index in [9.17, 15) is 9.59 Å². The van der Waals surface area contributed by atoms with Gasteiger partial charge < -0.3 is 15.8 Å². The fraction of sp³-hybridized carbons (Fsp3) is 0.222. The monoisotopic (exact) mass is 388 g/mol. The number of primary amides is 1. The van der Waals surface area contributed by atoms with Crippen LogP contribution in [0.2, 0.25) is 0 Å². The van der Waals surface area contributed by atoms with Crippen LogP contribution in [0.25, 0.3) is 0 Å². The first-order valence-electron chi connectivity index (χ1n) is 7.67. The minimum Gasteiger partial charge on any atom is -0.444 e. The number of carbonyl (C=O) groups excluding carboxylic acids is 2. The van der Waals surface area contributed by atoms with E-state index in [1.807, 2.05) is 18.2 Å². The van der Waals surface area contributed by atoms with E-state index in [-0.39, 0.29) is 0 Å². The Kier molecular flexibility index (Phi) is 4.85. The first-order valence-corrected chi connectivity index (χ1v) is 8.46. The van der Waals surface area contributed by atoms with Crippen LogP contribution in [0.4, 0.5) is 5.69 Å². The molecule has 124 valence electrons. The molecule has 2 aromatic carbocycles. The quantitative estimate of drug-likeness (QED) is 0.787. The Morgan fingerprint density at radius 3 is 2.79 bits per heavy atom. The number of esters is 1. The number of halogens is 1. The van der Waals surface area contributed by atoms with Gasteiger partial charge in [0.25, 0.3) is 5.91 Å². The van der Waals surface area contributed by atoms with Gasteiger partial charge in [-0.3, -0.25) is 4.79 Å². The van der Waals surface area contributed by atoms with Gasteiger partial charge in [0.05, 0.1) is 5.56 Å². The van der Waals surface area contributed by atoms with E-state index in [4.69, 9.17) is 10.5 Å². The highest BCUT2D eigenvalue weighted by molar-refractivity contribution is 9.10. The maximum Gasteiger partial charge on any atom is 0.339 e. The number of ether oxygens (including phenoxy) is 1. The van der Waals surface area contributed by atoms with Gasteiger partial charge in [0.2, 0.25) is 6.10 Å². The molecule has 24 heavy (non-hydrogen) atoms. The average molecular weight is 389 g/mol. The normalized spacial score (nSPS) is 14.2. The fourth-order valence-electron chi connectivity index (χ4n) is 2.74. The predicted octanol–water partition coefficient (Wildman–Crippen LogP) is 3.19. The third-order valence-electron chi connectivity index (χ3n) is 3.91. The molecule has 3 N–H and O–H groups in total. The average Bonchev–Trinajstić information content (AvgIpc) is 2.58. The van der Waals surface area contributed by atoms with Crippen molar-refractivity contribution in [1.29, 1.82) is 0 Å². The van der Waals surface area contributed by atoms with Gasteiger partial charge in [-0.1, -0.05) is 28.1 Å². The molecule has 1 atom stereocenters. The molecule has 1 aliphatic heterocycles. The number of hydrogen-bond acceptors (Lipinski definition) is 4. The van der Waals surface area contributed by atoms with Crippen LogP contribution in [0, 0.1) is 0 Å². The largest absolute Gasteiger partial charge is 0.444 e. The van der Waals surface area contributed by atoms with Crippen molar-refractivity contribution in [2.75, 3.05) is 11.9 Å². The van der Waals surface area contributed by atoms with Crippen molar-refractivity contribution in [2.45, 2.75) is 18.9 Å². The third-order valence-corrected chi connectivity index (χ3v) is 4.41. The van der Waals surface area contributed by atoms with Gasteiger partial charge in [0.1, 0.15) is 0 Å². The van der Waals surface area contributed by atoms with Gasteiger partial charge >= 0.3 is 5.97 Å². The minimum absolute atomic E-state index is 0.415. The molecule has 6 heteroatoms. The number of anilines is 1. The van der Waals surface area contributed by atoms with Crippen LogP contribution in [0.3, 0.4) is 0 Å². The third kappa shape index (κ3) is 3.59. The number of carbonyl (C=O) groups is 2. The molecule has 0 bridgehead atoms. The van der Waals surface area contributed by atoms with Crippen LogP contribution in [0.15, 0.2) is 46.9 Å². The van der Waals surface area contributed by atoms with Crippen molar-refractivity contribution in [1.82, 2.24) is 0 Å². The smallest absolute Gasteiger partial charge is 0.339 e. The van der Waals surface area contributed by atoms with Crippen molar-refractivity contribution in [3.8, 4) is 0 Å². The number of aryl methyl sites for hydroxylation is 1. The lowest BCUT2D eigenvalue weighted by atomic mass is 10.0. The summed E-state index contributed by atoms with van der Waals surface area (Å²) in [6, 6.07) is 12.3. The summed E-state index contributed by atoms with van der Waals surface area (Å²) in [7, 11) is 0. The van der Waals surface area contributed by atoms with Gasteiger partial charge in [0, 0.05) is 22.3 Å². The summed E-state index contributed by atoms with van der Waals surface area (Å²) >= 11 is 3.33. The molecule has 0 saturated carbocycles. The summed E-state index contributed by atoms with van der Waals surface area (Å²) in [6.07, 6.45) is 0.811. The number of fused-ring (bicyclic) bond motifs is 1. The standard InChI is InChI=1S/C18H17BrN2O3/c19-14-5-1-3-12(10-14)16(17(20)22)24-18(23)13-6-7-15-11(9-13)4-2-8-21-15/h1,3,5-7,9-10,16,21H,2,4,8H2,(H2,20,22). The van der Waals surface area contributed by atoms with E-state index < -0.39 is 18.0 Å². The summed E-state index contributed by atoms with van der Waals surface area (Å²) in [5.74, 6) is -1.27. The van der Waals surface area contributed by atoms with Crippen LogP contribution < -0.4 is 11.1 Å². The second-order valence-electron chi connectivity index (χ2n) is 5.64. The zero-order valence-electron chi connectivity index (χ0n) is 12.9. The molecular weight excluding hydrogens is 372 g/mol. The summed E-state index contributed by atoms with van der Waals surface area (Å²) in [5, 5.41) is 3.29. The van der Waals surface area contributed by atoms with E-state index in [1.54, 1.807) is 24.3 Å². The number of nitrogens with one attached hydrogen (secondary N) is 1. The van der Waals surface area contributed by atoms with Crippen LogP contribution in [-0.4, -0.2) is 18.4 Å². The molecule has 1 unspecified atom stereocenters. The van der Waals surface area contributed by atoms with E-state index in [2.05, 4.69) is 21.2 Å². The molecule has 2 aromatic rings. The Morgan fingerprint density at radius 2 is 2.04 bits per heavy atom. The first-order chi connectivity index (χ1) is 11.5. The number of benzene rings is 2. The molecule has 0 saturated heterocycles. The molecule has 0 radical (unpaired) electrons. The molecule has 0 aromatic heterocycles. The van der Waals surface area contributed by atoms with E-state index in [0.29, 0.717) is 11.1 Å². The highest BCUT2D eigenvalue weighted by Gasteiger charge is 2.24. The molecule has 3 rings (SSSR count). The molecule has 1 aliphatic rings. The topological polar surface area (TPSA) is 81.4 Å². The maximum atomic E-state index is 12.4. The van der Waals surface area contributed by atoms with Crippen molar-refractivity contribution in [3.63, 3.8) is 0 Å². The predicted molar refractivity (Wildman–Crippen MR) is 94.7 cm³/mol. The van der Waals surface area contributed by atoms with Gasteiger partial charge in [0.15, 0.2) is 0 Å². The Labute approximate surface area is 148 Å². The number of amides is 1. The lowest BCUT2D eigenvalue weighted by Crippen LogP contribution is -2.26. The Bertz CT molecular complexity index is 792. The summed E-state index contributed by atoms with van der Waals surface area (Å²) < 4.78 is 6.16. The number of nitrogens with two attached hydrogens (primary N) is 1. The maximum absolute atomic E-state index is 12.4. The number of rotatable bonds is 4. The van der Waals surface area contributed by atoms with Crippen LogP contribution in [0.5, 0.6) is 0 Å².